The number of allylic oxidation sites excluding steroid dienone is 1. The molecule has 0 atom stereocenters. The number of anilines is 1. The summed E-state index contributed by atoms with van der Waals surface area (Å²) in [6.07, 6.45) is 0. The molecule has 35 heavy (non-hydrogen) atoms. The van der Waals surface area contributed by atoms with Gasteiger partial charge in [0.25, 0.3) is 5.91 Å². The van der Waals surface area contributed by atoms with E-state index in [1.807, 2.05) is 6.07 Å². The molecule has 0 heterocycles. The first kappa shape index (κ1) is 25.8. The van der Waals surface area contributed by atoms with Crippen molar-refractivity contribution in [2.75, 3.05) is 5.32 Å². The lowest BCUT2D eigenvalue weighted by molar-refractivity contribution is -0.114. The Morgan fingerprint density at radius 2 is 1.63 bits per heavy atom. The van der Waals surface area contributed by atoms with Crippen molar-refractivity contribution in [3.63, 3.8) is 0 Å². The average molecular weight is 492 g/mol. The van der Waals surface area contributed by atoms with Crippen LogP contribution in [-0.4, -0.2) is 19.9 Å². The van der Waals surface area contributed by atoms with Gasteiger partial charge in [0.05, 0.1) is 16.5 Å². The van der Waals surface area contributed by atoms with E-state index in [4.69, 9.17) is 5.26 Å². The van der Waals surface area contributed by atoms with Crippen LogP contribution in [-0.2, 0) is 14.8 Å². The van der Waals surface area contributed by atoms with Crippen LogP contribution >= 0.6 is 0 Å². The van der Waals surface area contributed by atoms with Crippen LogP contribution in [0.2, 0.25) is 0 Å². The van der Waals surface area contributed by atoms with Gasteiger partial charge in [-0.25, -0.2) is 17.5 Å². The Kier molecular flexibility index (Phi) is 7.54. The molecule has 0 bridgehead atoms. The third-order valence-corrected chi connectivity index (χ3v) is 6.84. The molecule has 1 amide bonds. The Labute approximate surface area is 205 Å². The molecule has 0 radical (unpaired) electrons. The van der Waals surface area contributed by atoms with Crippen LogP contribution in [0.4, 0.5) is 10.1 Å². The van der Waals surface area contributed by atoms with Crippen molar-refractivity contribution < 1.29 is 17.6 Å². The maximum Gasteiger partial charge on any atom is 0.284 e. The summed E-state index contributed by atoms with van der Waals surface area (Å²) in [7, 11) is -3.77. The summed E-state index contributed by atoms with van der Waals surface area (Å²) in [5.41, 5.74) is 1.74. The number of hydrogen-bond donors (Lipinski definition) is 2. The standard InChI is InChI=1S/C27H26FN3O3S/c1-18(21-9-7-8-19(16-21)17-29)25(28)26(32)30-22-14-12-20(13-15-22)23-10-5-6-11-24(23)35(33,34)31-27(2,3)4/h5-16,31H,1-4H3,(H,30,32)/b25-18-. The smallest absolute Gasteiger partial charge is 0.284 e. The molecule has 0 saturated carbocycles. The molecule has 0 spiro atoms. The second-order valence-corrected chi connectivity index (χ2v) is 10.7. The highest BCUT2D eigenvalue weighted by Gasteiger charge is 2.24. The molecule has 0 aromatic heterocycles. The Balaban J connectivity index is 1.84. The molecule has 3 aromatic carbocycles. The van der Waals surface area contributed by atoms with Crippen LogP contribution in [0.25, 0.3) is 16.7 Å². The van der Waals surface area contributed by atoms with Crippen LogP contribution in [0, 0.1) is 11.3 Å². The summed E-state index contributed by atoms with van der Waals surface area (Å²) in [5, 5.41) is 11.5. The number of halogens is 1. The maximum atomic E-state index is 14.8. The monoisotopic (exact) mass is 491 g/mol. The van der Waals surface area contributed by atoms with E-state index in [-0.39, 0.29) is 10.5 Å². The number of carbonyl (C=O) groups is 1. The van der Waals surface area contributed by atoms with Gasteiger partial charge in [-0.3, -0.25) is 4.79 Å². The predicted molar refractivity (Wildman–Crippen MR) is 135 cm³/mol. The van der Waals surface area contributed by atoms with E-state index >= 15 is 0 Å². The van der Waals surface area contributed by atoms with Gasteiger partial charge in [0.1, 0.15) is 0 Å². The molecule has 8 heteroatoms. The van der Waals surface area contributed by atoms with Gasteiger partial charge in [0.2, 0.25) is 10.0 Å². The van der Waals surface area contributed by atoms with Gasteiger partial charge in [-0.15, -0.1) is 0 Å². The summed E-state index contributed by atoms with van der Waals surface area (Å²) in [6, 6.07) is 21.4. The molecule has 0 aliphatic carbocycles. The van der Waals surface area contributed by atoms with Crippen molar-refractivity contribution in [2.45, 2.75) is 38.1 Å². The van der Waals surface area contributed by atoms with E-state index in [9.17, 15) is 17.6 Å². The third-order valence-electron chi connectivity index (χ3n) is 5.02. The van der Waals surface area contributed by atoms with E-state index in [2.05, 4.69) is 10.0 Å². The van der Waals surface area contributed by atoms with Crippen molar-refractivity contribution in [1.82, 2.24) is 4.72 Å². The van der Waals surface area contributed by atoms with Gasteiger partial charge in [-0.2, -0.15) is 5.26 Å². The zero-order chi connectivity index (χ0) is 25.8. The largest absolute Gasteiger partial charge is 0.320 e. The molecular weight excluding hydrogens is 465 g/mol. The zero-order valence-corrected chi connectivity index (χ0v) is 20.7. The van der Waals surface area contributed by atoms with Crippen LogP contribution in [0.3, 0.4) is 0 Å². The highest BCUT2D eigenvalue weighted by atomic mass is 32.2. The SMILES string of the molecule is C/C(=C(/F)C(=O)Nc1ccc(-c2ccccc2S(=O)(=O)NC(C)(C)C)cc1)c1cccc(C#N)c1. The van der Waals surface area contributed by atoms with E-state index in [1.165, 1.54) is 19.1 Å². The Morgan fingerprint density at radius 1 is 0.971 bits per heavy atom. The second kappa shape index (κ2) is 10.2. The maximum absolute atomic E-state index is 14.8. The van der Waals surface area contributed by atoms with Crippen LogP contribution < -0.4 is 10.0 Å². The predicted octanol–water partition coefficient (Wildman–Crippen LogP) is 5.64. The summed E-state index contributed by atoms with van der Waals surface area (Å²) >= 11 is 0. The first-order valence-electron chi connectivity index (χ1n) is 10.8. The summed E-state index contributed by atoms with van der Waals surface area (Å²) in [4.78, 5) is 12.6. The van der Waals surface area contributed by atoms with Gasteiger partial charge in [0, 0.05) is 16.8 Å². The average Bonchev–Trinajstić information content (AvgIpc) is 2.82. The van der Waals surface area contributed by atoms with E-state index < -0.39 is 27.3 Å². The number of amides is 1. The number of benzene rings is 3. The van der Waals surface area contributed by atoms with Gasteiger partial charge in [0.15, 0.2) is 5.83 Å². The summed E-state index contributed by atoms with van der Waals surface area (Å²) in [6.45, 7) is 6.76. The molecule has 2 N–H and O–H groups in total. The first-order chi connectivity index (χ1) is 16.4. The fraction of sp³-hybridized carbons (Fsp3) is 0.185. The second-order valence-electron chi connectivity index (χ2n) is 9.01. The quantitative estimate of drug-likeness (QED) is 0.436. The fourth-order valence-electron chi connectivity index (χ4n) is 3.44. The van der Waals surface area contributed by atoms with E-state index in [0.717, 1.165) is 0 Å². The van der Waals surface area contributed by atoms with E-state index in [0.29, 0.717) is 27.9 Å². The highest BCUT2D eigenvalue weighted by Crippen LogP contribution is 2.29. The van der Waals surface area contributed by atoms with Gasteiger partial charge >= 0.3 is 0 Å². The van der Waals surface area contributed by atoms with Gasteiger partial charge < -0.3 is 5.32 Å². The lowest BCUT2D eigenvalue weighted by Gasteiger charge is -2.21. The molecule has 180 valence electrons. The number of nitrogens with one attached hydrogen (secondary N) is 2. The molecule has 0 aliphatic rings. The first-order valence-corrected chi connectivity index (χ1v) is 12.3. The number of nitrogens with zero attached hydrogens (tertiary/aromatic N) is 1. The van der Waals surface area contributed by atoms with Gasteiger partial charge in [-0.05, 0) is 74.7 Å². The van der Waals surface area contributed by atoms with Crippen molar-refractivity contribution in [3.8, 4) is 17.2 Å². The molecule has 6 nitrogen and oxygen atoms in total. The van der Waals surface area contributed by atoms with Crippen LogP contribution in [0.5, 0.6) is 0 Å². The minimum atomic E-state index is -3.77. The van der Waals surface area contributed by atoms with Crippen molar-refractivity contribution in [1.29, 1.82) is 5.26 Å². The van der Waals surface area contributed by atoms with Crippen molar-refractivity contribution in [2.24, 2.45) is 0 Å². The lowest BCUT2D eigenvalue weighted by atomic mass is 10.0. The Hall–Kier alpha value is -3.80. The number of rotatable bonds is 6. The normalized spacial score (nSPS) is 12.5. The van der Waals surface area contributed by atoms with Crippen molar-refractivity contribution in [3.05, 3.63) is 89.8 Å². The molecule has 0 saturated heterocycles. The molecule has 0 aliphatic heterocycles. The topological polar surface area (TPSA) is 99.1 Å². The molecule has 3 rings (SSSR count). The Morgan fingerprint density at radius 3 is 2.26 bits per heavy atom. The summed E-state index contributed by atoms with van der Waals surface area (Å²) < 4.78 is 43.3. The van der Waals surface area contributed by atoms with Crippen LogP contribution in [0.15, 0.2) is 83.5 Å². The minimum absolute atomic E-state index is 0.113. The van der Waals surface area contributed by atoms with E-state index in [1.54, 1.807) is 81.4 Å². The highest BCUT2D eigenvalue weighted by molar-refractivity contribution is 7.89. The van der Waals surface area contributed by atoms with Crippen LogP contribution in [0.1, 0.15) is 38.8 Å². The number of nitriles is 1. The Bertz CT molecular complexity index is 1430. The molecule has 0 fully saturated rings. The summed E-state index contributed by atoms with van der Waals surface area (Å²) in [5.74, 6) is -1.89. The molecular formula is C27H26FN3O3S. The molecule has 3 aromatic rings. The lowest BCUT2D eigenvalue weighted by Crippen LogP contribution is -2.40. The fourth-order valence-corrected chi connectivity index (χ4v) is 5.08. The number of hydrogen-bond acceptors (Lipinski definition) is 4. The number of sulfonamides is 1. The number of carbonyl (C=O) groups excluding carboxylic acids is 1. The van der Waals surface area contributed by atoms with Gasteiger partial charge in [-0.1, -0.05) is 42.5 Å². The zero-order valence-electron chi connectivity index (χ0n) is 19.9. The third kappa shape index (κ3) is 6.41. The molecule has 0 unspecified atom stereocenters. The van der Waals surface area contributed by atoms with Crippen molar-refractivity contribution >= 4 is 27.2 Å². The minimum Gasteiger partial charge on any atom is -0.320 e.